The molecule has 0 spiro atoms. The first kappa shape index (κ1) is 28.1. The standard InChI is InChI=1S/C19H40O4S.Na/c1-3-4-5-6-7-8-9-10-11-12-16-19(24(21,22)23)17-14-13-15-18(2)20;/h18-20H,3-17H2,1-2H3,(H,21,22,23);/q;+1/p-1. The number of hydrogen-bond acceptors (Lipinski definition) is 4. The molecule has 0 aromatic rings. The van der Waals surface area contributed by atoms with Gasteiger partial charge in [0.15, 0.2) is 0 Å². The van der Waals surface area contributed by atoms with Gasteiger partial charge in [0.05, 0.1) is 16.2 Å². The summed E-state index contributed by atoms with van der Waals surface area (Å²) >= 11 is 0. The summed E-state index contributed by atoms with van der Waals surface area (Å²) in [6, 6.07) is 0. The van der Waals surface area contributed by atoms with Crippen LogP contribution in [0.3, 0.4) is 0 Å². The molecular weight excluding hydrogens is 347 g/mol. The number of hydrogen-bond donors (Lipinski definition) is 1. The van der Waals surface area contributed by atoms with Gasteiger partial charge >= 0.3 is 29.6 Å². The molecule has 0 saturated heterocycles. The Bertz CT molecular complexity index is 372. The molecule has 0 fully saturated rings. The molecule has 0 amide bonds. The van der Waals surface area contributed by atoms with Gasteiger partial charge in [-0.15, -0.1) is 0 Å². The van der Waals surface area contributed by atoms with E-state index in [-0.39, 0.29) is 35.7 Å². The van der Waals surface area contributed by atoms with E-state index in [1.54, 1.807) is 6.92 Å². The first-order valence-corrected chi connectivity index (χ1v) is 11.5. The second-order valence-electron chi connectivity index (χ2n) is 7.22. The van der Waals surface area contributed by atoms with Gasteiger partial charge in [-0.05, 0) is 26.2 Å². The molecule has 2 atom stereocenters. The second-order valence-corrected chi connectivity index (χ2v) is 8.87. The summed E-state index contributed by atoms with van der Waals surface area (Å²) in [5, 5.41) is 8.47. The van der Waals surface area contributed by atoms with Gasteiger partial charge in [0.2, 0.25) is 0 Å². The fourth-order valence-electron chi connectivity index (χ4n) is 3.10. The Morgan fingerprint density at radius 1 is 0.760 bits per heavy atom. The number of unbranched alkanes of at least 4 members (excludes halogenated alkanes) is 10. The van der Waals surface area contributed by atoms with E-state index < -0.39 is 15.4 Å². The third-order valence-corrected chi connectivity index (χ3v) is 5.97. The van der Waals surface area contributed by atoms with Crippen molar-refractivity contribution in [1.29, 1.82) is 0 Å². The predicted octanol–water partition coefficient (Wildman–Crippen LogP) is 2.16. The van der Waals surface area contributed by atoms with E-state index in [0.717, 1.165) is 25.7 Å². The Balaban J connectivity index is 0. The van der Waals surface area contributed by atoms with E-state index in [1.807, 2.05) is 0 Å². The zero-order chi connectivity index (χ0) is 18.3. The zero-order valence-corrected chi connectivity index (χ0v) is 19.7. The van der Waals surface area contributed by atoms with E-state index in [1.165, 1.54) is 44.9 Å². The van der Waals surface area contributed by atoms with Gasteiger partial charge in [-0.1, -0.05) is 84.0 Å². The van der Waals surface area contributed by atoms with Gasteiger partial charge in [0.1, 0.15) is 0 Å². The maximum absolute atomic E-state index is 11.3. The Hall–Kier alpha value is 0.870. The third kappa shape index (κ3) is 19.4. The average molecular weight is 387 g/mol. The van der Waals surface area contributed by atoms with Crippen molar-refractivity contribution in [1.82, 2.24) is 0 Å². The molecule has 0 radical (unpaired) electrons. The SMILES string of the molecule is CCCCCCCCCCCCC(CCCCC(C)O)S(=O)(=O)[O-].[Na+]. The molecule has 1 N–H and O–H groups in total. The Morgan fingerprint density at radius 2 is 1.12 bits per heavy atom. The van der Waals surface area contributed by atoms with Gasteiger partial charge in [0, 0.05) is 5.25 Å². The van der Waals surface area contributed by atoms with Gasteiger partial charge < -0.3 is 9.66 Å². The summed E-state index contributed by atoms with van der Waals surface area (Å²) in [5.41, 5.74) is 0. The second kappa shape index (κ2) is 18.2. The number of rotatable bonds is 17. The van der Waals surface area contributed by atoms with Crippen LogP contribution in [-0.2, 0) is 10.1 Å². The van der Waals surface area contributed by atoms with Crippen molar-refractivity contribution in [3.05, 3.63) is 0 Å². The molecule has 0 aromatic carbocycles. The summed E-state index contributed by atoms with van der Waals surface area (Å²) < 4.78 is 34.0. The first-order chi connectivity index (χ1) is 11.4. The van der Waals surface area contributed by atoms with Crippen LogP contribution in [0.1, 0.15) is 110 Å². The minimum atomic E-state index is -4.19. The van der Waals surface area contributed by atoms with Crippen LogP contribution in [0.2, 0.25) is 0 Å². The van der Waals surface area contributed by atoms with Crippen LogP contribution in [0, 0.1) is 0 Å². The van der Waals surface area contributed by atoms with Crippen LogP contribution in [0.25, 0.3) is 0 Å². The van der Waals surface area contributed by atoms with Gasteiger partial charge in [0.25, 0.3) is 0 Å². The van der Waals surface area contributed by atoms with E-state index in [0.29, 0.717) is 25.7 Å². The first-order valence-electron chi connectivity index (χ1n) is 10.0. The molecule has 0 bridgehead atoms. The van der Waals surface area contributed by atoms with Crippen molar-refractivity contribution in [3.8, 4) is 0 Å². The van der Waals surface area contributed by atoms with Crippen molar-refractivity contribution in [2.75, 3.05) is 0 Å². The molecule has 0 aliphatic carbocycles. The van der Waals surface area contributed by atoms with Crippen LogP contribution in [-0.4, -0.2) is 29.4 Å². The van der Waals surface area contributed by atoms with Crippen molar-refractivity contribution in [2.45, 2.75) is 122 Å². The largest absolute Gasteiger partial charge is 1.00 e. The van der Waals surface area contributed by atoms with E-state index in [4.69, 9.17) is 0 Å². The van der Waals surface area contributed by atoms with Crippen molar-refractivity contribution in [2.24, 2.45) is 0 Å². The quantitative estimate of drug-likeness (QED) is 0.236. The Kier molecular flexibility index (Phi) is 20.5. The molecule has 0 aliphatic rings. The summed E-state index contributed by atoms with van der Waals surface area (Å²) in [5.74, 6) is 0. The van der Waals surface area contributed by atoms with Crippen LogP contribution < -0.4 is 29.6 Å². The maximum Gasteiger partial charge on any atom is 1.00 e. The fraction of sp³-hybridized carbons (Fsp3) is 1.00. The van der Waals surface area contributed by atoms with Crippen LogP contribution >= 0.6 is 0 Å². The smallest absolute Gasteiger partial charge is 0.748 e. The van der Waals surface area contributed by atoms with Gasteiger partial charge in [-0.3, -0.25) is 0 Å². The minimum absolute atomic E-state index is 0. The van der Waals surface area contributed by atoms with Gasteiger partial charge in [-0.25, -0.2) is 8.42 Å². The molecule has 0 saturated carbocycles. The minimum Gasteiger partial charge on any atom is -0.748 e. The van der Waals surface area contributed by atoms with Crippen LogP contribution in [0.4, 0.5) is 0 Å². The summed E-state index contributed by atoms with van der Waals surface area (Å²) in [6.45, 7) is 3.95. The fourth-order valence-corrected chi connectivity index (χ4v) is 4.01. The maximum atomic E-state index is 11.3. The van der Waals surface area contributed by atoms with E-state index in [9.17, 15) is 18.1 Å². The Labute approximate surface area is 178 Å². The number of aliphatic hydroxyl groups is 1. The Morgan fingerprint density at radius 3 is 1.52 bits per heavy atom. The molecule has 6 heteroatoms. The van der Waals surface area contributed by atoms with Crippen molar-refractivity contribution in [3.63, 3.8) is 0 Å². The molecule has 2 unspecified atom stereocenters. The van der Waals surface area contributed by atoms with E-state index >= 15 is 0 Å². The molecular formula is C19H39NaO4S. The zero-order valence-electron chi connectivity index (χ0n) is 16.8. The normalized spacial score (nSPS) is 14.1. The summed E-state index contributed by atoms with van der Waals surface area (Å²) in [6.07, 6.45) is 14.8. The van der Waals surface area contributed by atoms with Crippen LogP contribution in [0.15, 0.2) is 0 Å². The number of aliphatic hydroxyl groups excluding tert-OH is 1. The molecule has 25 heavy (non-hydrogen) atoms. The average Bonchev–Trinajstić information content (AvgIpc) is 2.49. The molecule has 0 aliphatic heterocycles. The summed E-state index contributed by atoms with van der Waals surface area (Å²) in [4.78, 5) is 0. The summed E-state index contributed by atoms with van der Waals surface area (Å²) in [7, 11) is -4.19. The monoisotopic (exact) mass is 386 g/mol. The molecule has 0 heterocycles. The van der Waals surface area contributed by atoms with Crippen molar-refractivity contribution >= 4 is 10.1 Å². The van der Waals surface area contributed by atoms with Crippen molar-refractivity contribution < 1.29 is 47.6 Å². The van der Waals surface area contributed by atoms with E-state index in [2.05, 4.69) is 6.92 Å². The van der Waals surface area contributed by atoms with Crippen LogP contribution in [0.5, 0.6) is 0 Å². The van der Waals surface area contributed by atoms with Gasteiger partial charge in [-0.2, -0.15) is 0 Å². The topological polar surface area (TPSA) is 77.4 Å². The molecule has 4 nitrogen and oxygen atoms in total. The molecule has 0 aromatic heterocycles. The third-order valence-electron chi connectivity index (χ3n) is 4.69. The molecule has 0 rings (SSSR count). The predicted molar refractivity (Wildman–Crippen MR) is 100 cm³/mol. The molecule has 146 valence electrons.